The molecule has 0 spiro atoms. The number of piperidine rings is 1. The molecule has 3 aromatic rings. The summed E-state index contributed by atoms with van der Waals surface area (Å²) in [5.74, 6) is 0.989. The smallest absolute Gasteiger partial charge is 0.494 e. The molecule has 41 heavy (non-hydrogen) atoms. The first kappa shape index (κ1) is 31.4. The predicted molar refractivity (Wildman–Crippen MR) is 164 cm³/mol. The number of thiophene rings is 1. The lowest BCUT2D eigenvalue weighted by atomic mass is 9.87. The molecule has 1 fully saturated rings. The summed E-state index contributed by atoms with van der Waals surface area (Å²) < 4.78 is 23.5. The van der Waals surface area contributed by atoms with Gasteiger partial charge >= 0.3 is 6.16 Å². The van der Waals surface area contributed by atoms with Crippen LogP contribution >= 0.6 is 23.1 Å². The largest absolute Gasteiger partial charge is 0.528 e. The first-order valence-corrected chi connectivity index (χ1v) is 16.1. The zero-order chi connectivity index (χ0) is 29.1. The molecular formula is C32H41NO6S2. The molecule has 0 amide bonds. The molecule has 0 radical (unpaired) electrons. The second-order valence-electron chi connectivity index (χ2n) is 10.9. The molecule has 0 N–H and O–H groups in total. The fourth-order valence-corrected chi connectivity index (χ4v) is 5.60. The van der Waals surface area contributed by atoms with Crippen molar-refractivity contribution in [3.8, 4) is 5.75 Å². The number of benzene rings is 2. The van der Waals surface area contributed by atoms with E-state index in [-0.39, 0.29) is 12.0 Å². The highest BCUT2D eigenvalue weighted by Gasteiger charge is 2.34. The lowest BCUT2D eigenvalue weighted by Gasteiger charge is -2.37. The fraction of sp³-hybridized carbons (Fsp3) is 0.469. The van der Waals surface area contributed by atoms with E-state index in [1.807, 2.05) is 39.0 Å². The highest BCUT2D eigenvalue weighted by Crippen LogP contribution is 2.33. The highest BCUT2D eigenvalue weighted by molar-refractivity contribution is 7.98. The van der Waals surface area contributed by atoms with Gasteiger partial charge in [-0.2, -0.15) is 0 Å². The molecule has 2 atom stereocenters. The van der Waals surface area contributed by atoms with Crippen LogP contribution in [0.3, 0.4) is 0 Å². The van der Waals surface area contributed by atoms with Gasteiger partial charge in [0.15, 0.2) is 0 Å². The summed E-state index contributed by atoms with van der Waals surface area (Å²) in [6, 6.07) is 20.8. The molecule has 1 aliphatic heterocycles. The normalized spacial score (nSPS) is 17.8. The standard InChI is InChI=1S/C32H41NO6S2/c1-32(2,3)38-31(34)39-33-17-16-29(30(21-33)37-22-24-8-14-27(40-4)15-9-24)25-10-12-26(13-11-25)36-19-6-18-35-23-28-7-5-20-41-28/h5,7-15,20,29-30H,6,16-19,21-23H2,1-4H3. The number of hydrogen-bond acceptors (Lipinski definition) is 9. The van der Waals surface area contributed by atoms with E-state index in [2.05, 4.69) is 54.1 Å². The average Bonchev–Trinajstić information content (AvgIpc) is 3.47. The Morgan fingerprint density at radius 2 is 1.80 bits per heavy atom. The Labute approximate surface area is 252 Å². The molecule has 9 heteroatoms. The predicted octanol–water partition coefficient (Wildman–Crippen LogP) is 7.70. The van der Waals surface area contributed by atoms with Gasteiger partial charge in [0.05, 0.1) is 39.1 Å². The number of rotatable bonds is 13. The summed E-state index contributed by atoms with van der Waals surface area (Å²) >= 11 is 3.42. The van der Waals surface area contributed by atoms with Crippen molar-refractivity contribution in [2.24, 2.45) is 0 Å². The summed E-state index contributed by atoms with van der Waals surface area (Å²) in [6.45, 7) is 8.91. The average molecular weight is 600 g/mol. The van der Waals surface area contributed by atoms with E-state index >= 15 is 0 Å². The summed E-state index contributed by atoms with van der Waals surface area (Å²) in [4.78, 5) is 20.3. The van der Waals surface area contributed by atoms with E-state index in [9.17, 15) is 4.79 Å². The Balaban J connectivity index is 1.32. The van der Waals surface area contributed by atoms with Crippen molar-refractivity contribution in [2.75, 3.05) is 32.6 Å². The Hall–Kier alpha value is -2.56. The van der Waals surface area contributed by atoms with Crippen molar-refractivity contribution < 1.29 is 28.6 Å². The first-order valence-electron chi connectivity index (χ1n) is 14.0. The van der Waals surface area contributed by atoms with Gasteiger partial charge in [0, 0.05) is 28.7 Å². The van der Waals surface area contributed by atoms with E-state index in [1.165, 1.54) is 15.3 Å². The molecule has 2 aromatic carbocycles. The summed E-state index contributed by atoms with van der Waals surface area (Å²) in [5, 5.41) is 3.72. The summed E-state index contributed by atoms with van der Waals surface area (Å²) in [5.41, 5.74) is 1.67. The number of hydrogen-bond donors (Lipinski definition) is 0. The minimum Gasteiger partial charge on any atom is -0.494 e. The van der Waals surface area contributed by atoms with Crippen LogP contribution in [0.4, 0.5) is 4.79 Å². The van der Waals surface area contributed by atoms with Gasteiger partial charge in [0.25, 0.3) is 0 Å². The Morgan fingerprint density at radius 3 is 2.49 bits per heavy atom. The van der Waals surface area contributed by atoms with Gasteiger partial charge in [0.2, 0.25) is 0 Å². The van der Waals surface area contributed by atoms with Crippen LogP contribution in [0.15, 0.2) is 70.9 Å². The highest BCUT2D eigenvalue weighted by atomic mass is 32.2. The Bertz CT molecular complexity index is 1180. The SMILES string of the molecule is CSc1ccc(COC2CN(OC(=O)OC(C)(C)C)CCC2c2ccc(OCCCOCc3cccs3)cc2)cc1. The van der Waals surface area contributed by atoms with E-state index in [4.69, 9.17) is 23.8 Å². The maximum atomic E-state index is 12.3. The zero-order valence-electron chi connectivity index (χ0n) is 24.4. The topological polar surface area (TPSA) is 66.5 Å². The van der Waals surface area contributed by atoms with Crippen molar-refractivity contribution >= 4 is 29.3 Å². The minimum absolute atomic E-state index is 0.152. The number of hydroxylamine groups is 2. The lowest BCUT2D eigenvalue weighted by molar-refractivity contribution is -0.179. The zero-order valence-corrected chi connectivity index (χ0v) is 26.0. The van der Waals surface area contributed by atoms with Gasteiger partial charge in [-0.05, 0) is 80.3 Å². The fourth-order valence-electron chi connectivity index (χ4n) is 4.55. The molecule has 7 nitrogen and oxygen atoms in total. The molecule has 0 aliphatic carbocycles. The number of carbonyl (C=O) groups is 1. The van der Waals surface area contributed by atoms with Crippen LogP contribution in [-0.4, -0.2) is 55.5 Å². The third kappa shape index (κ3) is 10.7. The molecule has 1 aliphatic rings. The van der Waals surface area contributed by atoms with Crippen LogP contribution in [0.2, 0.25) is 0 Å². The first-order chi connectivity index (χ1) is 19.8. The van der Waals surface area contributed by atoms with Crippen molar-refractivity contribution in [3.05, 3.63) is 82.0 Å². The molecule has 0 saturated carbocycles. The van der Waals surface area contributed by atoms with E-state index in [1.54, 1.807) is 28.2 Å². The van der Waals surface area contributed by atoms with Gasteiger partial charge in [-0.25, -0.2) is 4.79 Å². The molecule has 1 aromatic heterocycles. The molecule has 0 bridgehead atoms. The van der Waals surface area contributed by atoms with Gasteiger partial charge in [-0.15, -0.1) is 28.2 Å². The molecule has 2 unspecified atom stereocenters. The maximum Gasteiger partial charge on any atom is 0.528 e. The molecule has 1 saturated heterocycles. The van der Waals surface area contributed by atoms with Gasteiger partial charge in [0.1, 0.15) is 11.4 Å². The molecule has 222 valence electrons. The van der Waals surface area contributed by atoms with Crippen LogP contribution in [0.5, 0.6) is 5.75 Å². The maximum absolute atomic E-state index is 12.3. The second kappa shape index (κ2) is 15.6. The van der Waals surface area contributed by atoms with Crippen LogP contribution in [0.25, 0.3) is 0 Å². The summed E-state index contributed by atoms with van der Waals surface area (Å²) in [6.07, 6.45) is 2.81. The minimum atomic E-state index is -0.694. The molecule has 4 rings (SSSR count). The monoisotopic (exact) mass is 599 g/mol. The van der Waals surface area contributed by atoms with Crippen LogP contribution < -0.4 is 4.74 Å². The van der Waals surface area contributed by atoms with E-state index in [0.29, 0.717) is 39.5 Å². The third-order valence-electron chi connectivity index (χ3n) is 6.57. The van der Waals surface area contributed by atoms with Gasteiger partial charge in [-0.1, -0.05) is 30.3 Å². The molecule has 2 heterocycles. The van der Waals surface area contributed by atoms with E-state index < -0.39 is 11.8 Å². The van der Waals surface area contributed by atoms with Crippen molar-refractivity contribution in [1.82, 2.24) is 5.06 Å². The van der Waals surface area contributed by atoms with Crippen molar-refractivity contribution in [3.63, 3.8) is 0 Å². The summed E-state index contributed by atoms with van der Waals surface area (Å²) in [7, 11) is 0. The number of carbonyl (C=O) groups excluding carboxylic acids is 1. The quantitative estimate of drug-likeness (QED) is 0.113. The van der Waals surface area contributed by atoms with Gasteiger partial charge < -0.3 is 23.8 Å². The van der Waals surface area contributed by atoms with Crippen LogP contribution in [-0.2, 0) is 32.3 Å². The number of thioether (sulfide) groups is 1. The molecular weight excluding hydrogens is 558 g/mol. The third-order valence-corrected chi connectivity index (χ3v) is 8.17. The second-order valence-corrected chi connectivity index (χ2v) is 12.9. The van der Waals surface area contributed by atoms with Crippen LogP contribution in [0, 0.1) is 0 Å². The Morgan fingerprint density at radius 1 is 1.02 bits per heavy atom. The van der Waals surface area contributed by atoms with Crippen molar-refractivity contribution in [2.45, 2.75) is 69.3 Å². The number of nitrogens with zero attached hydrogens (tertiary/aromatic N) is 1. The van der Waals surface area contributed by atoms with Gasteiger partial charge in [-0.3, -0.25) is 0 Å². The van der Waals surface area contributed by atoms with Crippen LogP contribution in [0.1, 0.15) is 55.5 Å². The van der Waals surface area contributed by atoms with E-state index in [0.717, 1.165) is 24.2 Å². The lowest BCUT2D eigenvalue weighted by Crippen LogP contribution is -2.45. The number of ether oxygens (including phenoxy) is 4. The van der Waals surface area contributed by atoms with Crippen molar-refractivity contribution in [1.29, 1.82) is 0 Å². The Kier molecular flexibility index (Phi) is 11.9.